The van der Waals surface area contributed by atoms with E-state index in [9.17, 15) is 9.59 Å². The minimum atomic E-state index is -0.332. The Morgan fingerprint density at radius 3 is 2.10 bits per heavy atom. The average molecular weight is 401 g/mol. The first-order valence-corrected chi connectivity index (χ1v) is 10.2. The summed E-state index contributed by atoms with van der Waals surface area (Å²) in [6.45, 7) is 0. The minimum absolute atomic E-state index is 0.303. The van der Waals surface area contributed by atoms with Gasteiger partial charge >= 0.3 is 0 Å². The summed E-state index contributed by atoms with van der Waals surface area (Å²) in [4.78, 5) is 28.4. The maximum Gasteiger partial charge on any atom is 0.272 e. The van der Waals surface area contributed by atoms with Crippen molar-refractivity contribution >= 4 is 34.8 Å². The number of anilines is 1. The van der Waals surface area contributed by atoms with E-state index in [-0.39, 0.29) is 11.8 Å². The zero-order valence-corrected chi connectivity index (χ0v) is 16.7. The second-order valence-electron chi connectivity index (χ2n) is 6.46. The molecule has 0 bridgehead atoms. The molecule has 0 atom stereocenters. The number of para-hydroxylation sites is 2. The van der Waals surface area contributed by atoms with E-state index in [1.165, 1.54) is 16.7 Å². The average Bonchev–Trinajstić information content (AvgIpc) is 3.02. The van der Waals surface area contributed by atoms with Crippen molar-refractivity contribution < 1.29 is 14.3 Å². The Hall–Kier alpha value is -3.31. The summed E-state index contributed by atoms with van der Waals surface area (Å²) in [7, 11) is 1.56. The van der Waals surface area contributed by atoms with Gasteiger partial charge in [-0.1, -0.05) is 66.7 Å². The number of benzene rings is 3. The van der Waals surface area contributed by atoms with Crippen LogP contribution in [0.4, 0.5) is 5.69 Å². The van der Waals surface area contributed by atoms with Gasteiger partial charge in [-0.25, -0.2) is 4.90 Å². The molecule has 0 aromatic heterocycles. The van der Waals surface area contributed by atoms with Gasteiger partial charge < -0.3 is 4.74 Å². The molecule has 2 amide bonds. The fourth-order valence-corrected chi connectivity index (χ4v) is 4.33. The van der Waals surface area contributed by atoms with Gasteiger partial charge in [0.15, 0.2) is 0 Å². The van der Waals surface area contributed by atoms with Crippen molar-refractivity contribution in [3.05, 3.63) is 101 Å². The number of rotatable bonds is 6. The summed E-state index contributed by atoms with van der Waals surface area (Å²) in [5.41, 5.74) is 2.66. The monoisotopic (exact) mass is 401 g/mol. The normalized spacial score (nSPS) is 13.9. The highest BCUT2D eigenvalue weighted by molar-refractivity contribution is 8.03. The van der Waals surface area contributed by atoms with Gasteiger partial charge in [-0.05, 0) is 23.8 Å². The lowest BCUT2D eigenvalue weighted by Gasteiger charge is -2.15. The van der Waals surface area contributed by atoms with Crippen LogP contribution in [0.15, 0.2) is 89.8 Å². The summed E-state index contributed by atoms with van der Waals surface area (Å²) in [5.74, 6) is 0.525. The number of carbonyl (C=O) groups excluding carboxylic acids is 2. The lowest BCUT2D eigenvalue weighted by molar-refractivity contribution is -0.119. The molecule has 0 aliphatic carbocycles. The molecule has 0 saturated carbocycles. The zero-order chi connectivity index (χ0) is 20.2. The molecule has 0 unspecified atom stereocenters. The van der Waals surface area contributed by atoms with Crippen molar-refractivity contribution in [1.82, 2.24) is 0 Å². The van der Waals surface area contributed by atoms with Crippen LogP contribution in [0.3, 0.4) is 0 Å². The summed E-state index contributed by atoms with van der Waals surface area (Å²) >= 11 is 1.38. The third-order valence-electron chi connectivity index (χ3n) is 4.66. The van der Waals surface area contributed by atoms with E-state index >= 15 is 0 Å². The Labute approximate surface area is 173 Å². The van der Waals surface area contributed by atoms with Crippen molar-refractivity contribution in [2.24, 2.45) is 0 Å². The van der Waals surface area contributed by atoms with Gasteiger partial charge in [0.1, 0.15) is 5.75 Å². The van der Waals surface area contributed by atoms with E-state index in [1.807, 2.05) is 66.7 Å². The topological polar surface area (TPSA) is 46.6 Å². The first kappa shape index (κ1) is 19.0. The zero-order valence-electron chi connectivity index (χ0n) is 15.9. The van der Waals surface area contributed by atoms with Gasteiger partial charge in [0.25, 0.3) is 11.8 Å². The quantitative estimate of drug-likeness (QED) is 0.551. The van der Waals surface area contributed by atoms with Crippen molar-refractivity contribution in [3.8, 4) is 5.75 Å². The molecule has 5 heteroatoms. The van der Waals surface area contributed by atoms with Gasteiger partial charge in [0.2, 0.25) is 0 Å². The molecule has 0 saturated heterocycles. The summed E-state index contributed by atoms with van der Waals surface area (Å²) in [5, 5.41) is 0. The van der Waals surface area contributed by atoms with E-state index in [1.54, 1.807) is 25.3 Å². The predicted octanol–water partition coefficient (Wildman–Crippen LogP) is 4.91. The van der Waals surface area contributed by atoms with E-state index < -0.39 is 0 Å². The summed E-state index contributed by atoms with van der Waals surface area (Å²) < 4.78 is 5.47. The molecule has 1 aliphatic rings. The molecule has 0 radical (unpaired) electrons. The van der Waals surface area contributed by atoms with Crippen LogP contribution in [-0.2, 0) is 15.3 Å². The molecule has 144 valence electrons. The lowest BCUT2D eigenvalue weighted by atomic mass is 10.0. The molecule has 3 aromatic rings. The van der Waals surface area contributed by atoms with Gasteiger partial charge in [-0.2, -0.15) is 0 Å². The number of amides is 2. The molecule has 4 nitrogen and oxygen atoms in total. The second kappa shape index (κ2) is 8.37. The number of methoxy groups -OCH3 is 1. The Bertz CT molecular complexity index is 1080. The number of imide groups is 1. The Balaban J connectivity index is 1.78. The molecule has 4 rings (SSSR count). The summed E-state index contributed by atoms with van der Waals surface area (Å²) in [6.07, 6.45) is 0. The molecule has 0 spiro atoms. The fourth-order valence-electron chi connectivity index (χ4n) is 3.27. The largest absolute Gasteiger partial charge is 0.496 e. The predicted molar refractivity (Wildman–Crippen MR) is 117 cm³/mol. The number of carbonyl (C=O) groups is 2. The Morgan fingerprint density at radius 2 is 1.41 bits per heavy atom. The molecule has 1 aliphatic heterocycles. The molecule has 0 fully saturated rings. The van der Waals surface area contributed by atoms with Crippen molar-refractivity contribution in [2.75, 3.05) is 12.0 Å². The number of hydrogen-bond donors (Lipinski definition) is 0. The Kier molecular flexibility index (Phi) is 5.49. The van der Waals surface area contributed by atoms with Crippen molar-refractivity contribution in [3.63, 3.8) is 0 Å². The minimum Gasteiger partial charge on any atom is -0.496 e. The van der Waals surface area contributed by atoms with Crippen LogP contribution in [0.2, 0.25) is 0 Å². The molecule has 1 heterocycles. The molecule has 0 N–H and O–H groups in total. The van der Waals surface area contributed by atoms with Gasteiger partial charge in [-0.3, -0.25) is 9.59 Å². The third kappa shape index (κ3) is 3.69. The number of nitrogens with zero attached hydrogens (tertiary/aromatic N) is 1. The van der Waals surface area contributed by atoms with Crippen LogP contribution in [0, 0.1) is 0 Å². The van der Waals surface area contributed by atoms with Crippen LogP contribution in [0.5, 0.6) is 5.75 Å². The molecule has 3 aromatic carbocycles. The first-order chi connectivity index (χ1) is 14.2. The van der Waals surface area contributed by atoms with Crippen LogP contribution >= 0.6 is 11.8 Å². The van der Waals surface area contributed by atoms with E-state index in [2.05, 4.69) is 0 Å². The van der Waals surface area contributed by atoms with Crippen LogP contribution in [-0.4, -0.2) is 18.9 Å². The third-order valence-corrected chi connectivity index (χ3v) is 5.80. The molecule has 29 heavy (non-hydrogen) atoms. The van der Waals surface area contributed by atoms with Crippen LogP contribution < -0.4 is 9.64 Å². The number of thioether (sulfide) groups is 1. The summed E-state index contributed by atoms with van der Waals surface area (Å²) in [6, 6.07) is 26.2. The number of hydrogen-bond acceptors (Lipinski definition) is 4. The number of ether oxygens (including phenoxy) is 1. The van der Waals surface area contributed by atoms with Crippen molar-refractivity contribution in [1.29, 1.82) is 0 Å². The highest BCUT2D eigenvalue weighted by Crippen LogP contribution is 2.41. The smallest absolute Gasteiger partial charge is 0.272 e. The standard InChI is InChI=1S/C24H19NO3S/c1-28-20-15-9-8-14-19(20)21-22(29-16-17-10-4-2-5-11-17)24(27)25(23(21)26)18-12-6-3-7-13-18/h2-15H,16H2,1H3. The fraction of sp³-hybridized carbons (Fsp3) is 0.0833. The second-order valence-corrected chi connectivity index (χ2v) is 7.45. The van der Waals surface area contributed by atoms with Gasteiger partial charge in [0, 0.05) is 11.3 Å². The lowest BCUT2D eigenvalue weighted by Crippen LogP contribution is -2.31. The van der Waals surface area contributed by atoms with Crippen LogP contribution in [0.1, 0.15) is 11.1 Å². The maximum atomic E-state index is 13.4. The van der Waals surface area contributed by atoms with Crippen LogP contribution in [0.25, 0.3) is 5.57 Å². The van der Waals surface area contributed by atoms with E-state index in [0.717, 1.165) is 5.56 Å². The van der Waals surface area contributed by atoms with Gasteiger partial charge in [0.05, 0.1) is 23.3 Å². The van der Waals surface area contributed by atoms with Gasteiger partial charge in [-0.15, -0.1) is 11.8 Å². The highest BCUT2D eigenvalue weighted by atomic mass is 32.2. The van der Waals surface area contributed by atoms with E-state index in [4.69, 9.17) is 4.74 Å². The molecular weight excluding hydrogens is 382 g/mol. The highest BCUT2D eigenvalue weighted by Gasteiger charge is 2.41. The SMILES string of the molecule is COc1ccccc1C1=C(SCc2ccccc2)C(=O)N(c2ccccc2)C1=O. The molecular formula is C24H19NO3S. The first-order valence-electron chi connectivity index (χ1n) is 9.19. The maximum absolute atomic E-state index is 13.4. The van der Waals surface area contributed by atoms with E-state index in [0.29, 0.717) is 33.2 Å². The van der Waals surface area contributed by atoms with Crippen molar-refractivity contribution in [2.45, 2.75) is 5.75 Å². The Morgan fingerprint density at radius 1 is 0.793 bits per heavy atom.